The molecule has 30 heavy (non-hydrogen) atoms. The lowest BCUT2D eigenvalue weighted by Crippen LogP contribution is -3.15. The van der Waals surface area contributed by atoms with Gasteiger partial charge in [0.2, 0.25) is 0 Å². The number of para-hydroxylation sites is 2. The molecule has 162 valence electrons. The van der Waals surface area contributed by atoms with Crippen LogP contribution in [0.4, 0.5) is 5.69 Å². The van der Waals surface area contributed by atoms with Crippen molar-refractivity contribution < 1.29 is 14.4 Å². The van der Waals surface area contributed by atoms with Crippen molar-refractivity contribution in [1.82, 2.24) is 0 Å². The van der Waals surface area contributed by atoms with Crippen LogP contribution in [-0.2, 0) is 10.2 Å². The summed E-state index contributed by atoms with van der Waals surface area (Å²) in [5.41, 5.74) is 2.75. The van der Waals surface area contributed by atoms with E-state index in [1.54, 1.807) is 12.0 Å². The molecular formula is C26H37N2O2+. The maximum absolute atomic E-state index is 6.12. The van der Waals surface area contributed by atoms with E-state index in [0.29, 0.717) is 0 Å². The van der Waals surface area contributed by atoms with E-state index in [-0.39, 0.29) is 11.0 Å². The van der Waals surface area contributed by atoms with Crippen molar-refractivity contribution in [1.29, 1.82) is 0 Å². The van der Waals surface area contributed by atoms with Crippen molar-refractivity contribution in [3.63, 3.8) is 0 Å². The first-order valence-electron chi connectivity index (χ1n) is 11.4. The first-order valence-corrected chi connectivity index (χ1v) is 11.4. The molecule has 2 aromatic carbocycles. The second-order valence-electron chi connectivity index (χ2n) is 9.59. The predicted molar refractivity (Wildman–Crippen MR) is 123 cm³/mol. The molecule has 2 aliphatic heterocycles. The molecule has 2 aliphatic rings. The van der Waals surface area contributed by atoms with Gasteiger partial charge in [0.15, 0.2) is 0 Å². The van der Waals surface area contributed by atoms with Gasteiger partial charge in [0.25, 0.3) is 0 Å². The van der Waals surface area contributed by atoms with Gasteiger partial charge >= 0.3 is 0 Å². The molecule has 2 fully saturated rings. The van der Waals surface area contributed by atoms with Gasteiger partial charge in [0, 0.05) is 29.7 Å². The van der Waals surface area contributed by atoms with Gasteiger partial charge in [0.1, 0.15) is 5.75 Å². The lowest BCUT2D eigenvalue weighted by Gasteiger charge is -2.46. The summed E-state index contributed by atoms with van der Waals surface area (Å²) >= 11 is 0. The molecule has 2 aromatic rings. The lowest BCUT2D eigenvalue weighted by molar-refractivity contribution is -0.901. The van der Waals surface area contributed by atoms with Crippen molar-refractivity contribution in [2.45, 2.75) is 44.1 Å². The van der Waals surface area contributed by atoms with Crippen LogP contribution in [0.25, 0.3) is 0 Å². The molecule has 1 atom stereocenters. The van der Waals surface area contributed by atoms with Crippen LogP contribution in [0.15, 0.2) is 54.6 Å². The number of piperazine rings is 1. The van der Waals surface area contributed by atoms with Crippen LogP contribution in [0.1, 0.15) is 38.7 Å². The summed E-state index contributed by atoms with van der Waals surface area (Å²) in [4.78, 5) is 4.25. The summed E-state index contributed by atoms with van der Waals surface area (Å²) < 4.78 is 11.9. The number of ether oxygens (including phenoxy) is 2. The Balaban J connectivity index is 1.46. The zero-order valence-electron chi connectivity index (χ0n) is 18.8. The fraction of sp³-hybridized carbons (Fsp3) is 0.538. The standard InChI is InChI=1S/C26H36N2O2/c1-25(2)21-26(14-20-30-25,23-11-7-8-12-24(23)29-3)13-15-27-16-18-28(19-17-27)22-9-5-4-6-10-22/h4-12H,13-21H2,1-3H3/p+1/t26-/m1/s1. The third-order valence-electron chi connectivity index (χ3n) is 7.06. The number of methoxy groups -OCH3 is 1. The summed E-state index contributed by atoms with van der Waals surface area (Å²) in [7, 11) is 1.80. The van der Waals surface area contributed by atoms with Crippen molar-refractivity contribution in [2.24, 2.45) is 0 Å². The maximum Gasteiger partial charge on any atom is 0.122 e. The Morgan fingerprint density at radius 1 is 1.00 bits per heavy atom. The SMILES string of the molecule is COc1ccccc1[C@]1(CC[NH+]2CCN(c3ccccc3)CC2)CCOC(C)(C)C1. The smallest absolute Gasteiger partial charge is 0.122 e. The second-order valence-corrected chi connectivity index (χ2v) is 9.59. The van der Waals surface area contributed by atoms with Crippen LogP contribution in [0.3, 0.4) is 0 Å². The molecule has 4 nitrogen and oxygen atoms in total. The summed E-state index contributed by atoms with van der Waals surface area (Å²) in [5.74, 6) is 1.03. The minimum atomic E-state index is -0.0968. The fourth-order valence-corrected chi connectivity index (χ4v) is 5.52. The van der Waals surface area contributed by atoms with Crippen LogP contribution < -0.4 is 14.5 Å². The van der Waals surface area contributed by atoms with Gasteiger partial charge in [-0.3, -0.25) is 0 Å². The van der Waals surface area contributed by atoms with Gasteiger partial charge < -0.3 is 19.3 Å². The Kier molecular flexibility index (Phi) is 6.35. The minimum absolute atomic E-state index is 0.0968. The van der Waals surface area contributed by atoms with E-state index in [0.717, 1.165) is 38.3 Å². The lowest BCUT2D eigenvalue weighted by atomic mass is 9.67. The fourth-order valence-electron chi connectivity index (χ4n) is 5.52. The van der Waals surface area contributed by atoms with E-state index < -0.39 is 0 Å². The third-order valence-corrected chi connectivity index (χ3v) is 7.06. The summed E-state index contributed by atoms with van der Waals surface area (Å²) in [6.07, 6.45) is 3.30. The molecular weight excluding hydrogens is 372 g/mol. The molecule has 2 saturated heterocycles. The molecule has 0 bridgehead atoms. The number of rotatable bonds is 6. The minimum Gasteiger partial charge on any atom is -0.496 e. The number of quaternary nitrogens is 1. The Morgan fingerprint density at radius 3 is 2.40 bits per heavy atom. The van der Waals surface area contributed by atoms with E-state index in [1.165, 1.54) is 37.3 Å². The van der Waals surface area contributed by atoms with Crippen LogP contribution >= 0.6 is 0 Å². The number of nitrogens with one attached hydrogen (secondary N) is 1. The number of nitrogens with zero attached hydrogens (tertiary/aromatic N) is 1. The van der Waals surface area contributed by atoms with Gasteiger partial charge in [0.05, 0.1) is 45.4 Å². The van der Waals surface area contributed by atoms with E-state index in [1.807, 2.05) is 0 Å². The zero-order valence-corrected chi connectivity index (χ0v) is 18.8. The first kappa shape index (κ1) is 21.2. The van der Waals surface area contributed by atoms with E-state index in [2.05, 4.69) is 73.3 Å². The van der Waals surface area contributed by atoms with Gasteiger partial charge in [-0.1, -0.05) is 36.4 Å². The van der Waals surface area contributed by atoms with E-state index in [9.17, 15) is 0 Å². The molecule has 0 spiro atoms. The molecule has 1 N–H and O–H groups in total. The molecule has 0 amide bonds. The first-order chi connectivity index (χ1) is 14.5. The predicted octanol–water partition coefficient (Wildman–Crippen LogP) is 3.32. The number of hydrogen-bond donors (Lipinski definition) is 1. The average Bonchev–Trinajstić information content (AvgIpc) is 2.78. The van der Waals surface area contributed by atoms with Crippen LogP contribution in [0, 0.1) is 0 Å². The van der Waals surface area contributed by atoms with Gasteiger partial charge in [-0.15, -0.1) is 0 Å². The molecule has 0 aromatic heterocycles. The molecule has 0 aliphatic carbocycles. The largest absolute Gasteiger partial charge is 0.496 e. The molecule has 0 radical (unpaired) electrons. The monoisotopic (exact) mass is 409 g/mol. The average molecular weight is 410 g/mol. The van der Waals surface area contributed by atoms with Crippen molar-refractivity contribution >= 4 is 5.69 Å². The van der Waals surface area contributed by atoms with E-state index >= 15 is 0 Å². The molecule has 4 rings (SSSR count). The van der Waals surface area contributed by atoms with Gasteiger partial charge in [-0.2, -0.15) is 0 Å². The number of benzene rings is 2. The van der Waals surface area contributed by atoms with Gasteiger partial charge in [-0.25, -0.2) is 0 Å². The quantitative estimate of drug-likeness (QED) is 0.793. The molecule has 0 saturated carbocycles. The Labute approximate surface area is 181 Å². The summed E-state index contributed by atoms with van der Waals surface area (Å²) in [6, 6.07) is 19.5. The highest BCUT2D eigenvalue weighted by atomic mass is 16.5. The topological polar surface area (TPSA) is 26.1 Å². The highest BCUT2D eigenvalue weighted by molar-refractivity contribution is 5.46. The molecule has 4 heteroatoms. The number of anilines is 1. The Morgan fingerprint density at radius 2 is 1.70 bits per heavy atom. The van der Waals surface area contributed by atoms with Crippen LogP contribution in [-0.4, -0.2) is 52.0 Å². The summed E-state index contributed by atoms with van der Waals surface area (Å²) in [6.45, 7) is 11.2. The Bertz CT molecular complexity index is 815. The van der Waals surface area contributed by atoms with E-state index in [4.69, 9.17) is 9.47 Å². The normalized spacial score (nSPS) is 24.6. The second kappa shape index (κ2) is 8.99. The maximum atomic E-state index is 6.12. The van der Waals surface area contributed by atoms with Crippen LogP contribution in [0.5, 0.6) is 5.75 Å². The van der Waals surface area contributed by atoms with Gasteiger partial charge in [-0.05, 0) is 44.9 Å². The van der Waals surface area contributed by atoms with Crippen molar-refractivity contribution in [3.8, 4) is 5.75 Å². The van der Waals surface area contributed by atoms with Crippen molar-refractivity contribution in [3.05, 3.63) is 60.2 Å². The summed E-state index contributed by atoms with van der Waals surface area (Å²) in [5, 5.41) is 0. The highest BCUT2D eigenvalue weighted by Crippen LogP contribution is 2.46. The third kappa shape index (κ3) is 4.65. The molecule has 2 heterocycles. The molecule has 0 unspecified atom stereocenters. The zero-order chi connectivity index (χ0) is 21.0. The highest BCUT2D eigenvalue weighted by Gasteiger charge is 2.44. The van der Waals surface area contributed by atoms with Crippen LogP contribution in [0.2, 0.25) is 0 Å². The Hall–Kier alpha value is -2.04. The van der Waals surface area contributed by atoms with Crippen molar-refractivity contribution in [2.75, 3.05) is 51.3 Å². The number of hydrogen-bond acceptors (Lipinski definition) is 3.